The van der Waals surface area contributed by atoms with Crippen molar-refractivity contribution in [1.29, 1.82) is 0 Å². The fraction of sp³-hybridized carbons (Fsp3) is 0.500. The second kappa shape index (κ2) is 3.83. The number of fused-ring (bicyclic) bond motifs is 2. The summed E-state index contributed by atoms with van der Waals surface area (Å²) in [7, 11) is 0. The Labute approximate surface area is 99.8 Å². The van der Waals surface area contributed by atoms with Gasteiger partial charge in [0.15, 0.2) is 0 Å². The molecule has 1 aromatic carbocycles. The normalized spacial score (nSPS) is 22.1. The molecule has 1 aliphatic heterocycles. The van der Waals surface area contributed by atoms with E-state index in [-0.39, 0.29) is 11.8 Å². The number of benzene rings is 1. The van der Waals surface area contributed by atoms with E-state index in [0.717, 1.165) is 31.2 Å². The highest BCUT2D eigenvalue weighted by Gasteiger charge is 2.45. The monoisotopic (exact) mass is 234 g/mol. The average Bonchev–Trinajstić information content (AvgIpc) is 2.49. The van der Waals surface area contributed by atoms with Crippen molar-refractivity contribution in [1.82, 2.24) is 0 Å². The Kier molecular flexibility index (Phi) is 2.42. The summed E-state index contributed by atoms with van der Waals surface area (Å²) >= 11 is 0. The first kappa shape index (κ1) is 10.8. The number of esters is 1. The highest BCUT2D eigenvalue weighted by molar-refractivity contribution is 5.94. The van der Waals surface area contributed by atoms with Gasteiger partial charge in [-0.2, -0.15) is 0 Å². The molecular formula is C14H15FO2. The molecule has 1 aromatic rings. The molecule has 0 saturated heterocycles. The third kappa shape index (κ3) is 1.65. The zero-order valence-electron chi connectivity index (χ0n) is 9.67. The van der Waals surface area contributed by atoms with Crippen LogP contribution in [0.15, 0.2) is 18.2 Å². The van der Waals surface area contributed by atoms with Crippen molar-refractivity contribution in [3.63, 3.8) is 0 Å². The molecule has 0 radical (unpaired) electrons. The van der Waals surface area contributed by atoms with Gasteiger partial charge in [-0.15, -0.1) is 0 Å². The molecule has 0 atom stereocenters. The molecular weight excluding hydrogens is 219 g/mol. The van der Waals surface area contributed by atoms with E-state index in [2.05, 4.69) is 0 Å². The molecule has 0 unspecified atom stereocenters. The smallest absolute Gasteiger partial charge is 0.339 e. The first-order valence-electron chi connectivity index (χ1n) is 6.25. The molecule has 3 heteroatoms. The molecule has 0 amide bonds. The Morgan fingerprint density at radius 2 is 1.82 bits per heavy atom. The van der Waals surface area contributed by atoms with Crippen molar-refractivity contribution in [2.24, 2.45) is 0 Å². The molecule has 1 fully saturated rings. The van der Waals surface area contributed by atoms with Crippen molar-refractivity contribution >= 4 is 5.97 Å². The summed E-state index contributed by atoms with van der Waals surface area (Å²) in [6, 6.07) is 4.45. The summed E-state index contributed by atoms with van der Waals surface area (Å²) < 4.78 is 18.8. The second-order valence-electron chi connectivity index (χ2n) is 4.99. The van der Waals surface area contributed by atoms with Gasteiger partial charge in [-0.3, -0.25) is 0 Å². The quantitative estimate of drug-likeness (QED) is 0.642. The maximum absolute atomic E-state index is 13.2. The lowest BCUT2D eigenvalue weighted by molar-refractivity contribution is -0.0164. The van der Waals surface area contributed by atoms with Gasteiger partial charge < -0.3 is 4.74 Å². The van der Waals surface area contributed by atoms with Crippen LogP contribution < -0.4 is 0 Å². The van der Waals surface area contributed by atoms with E-state index in [4.69, 9.17) is 4.74 Å². The first-order valence-corrected chi connectivity index (χ1v) is 6.25. The number of halogens is 1. The largest absolute Gasteiger partial charge is 0.451 e. The van der Waals surface area contributed by atoms with Crippen molar-refractivity contribution in [2.45, 2.75) is 44.1 Å². The van der Waals surface area contributed by atoms with E-state index in [1.54, 1.807) is 6.07 Å². The van der Waals surface area contributed by atoms with E-state index in [0.29, 0.717) is 5.56 Å². The van der Waals surface area contributed by atoms with Crippen molar-refractivity contribution < 1.29 is 13.9 Å². The predicted octanol–water partition coefficient (Wildman–Crippen LogP) is 3.55. The van der Waals surface area contributed by atoms with Gasteiger partial charge in [-0.1, -0.05) is 18.9 Å². The van der Waals surface area contributed by atoms with Crippen molar-refractivity contribution in [3.8, 4) is 0 Å². The van der Waals surface area contributed by atoms with Crippen LogP contribution in [0.3, 0.4) is 0 Å². The van der Waals surface area contributed by atoms with E-state index in [1.165, 1.54) is 25.0 Å². The summed E-state index contributed by atoms with van der Waals surface area (Å²) in [5, 5.41) is 0. The van der Waals surface area contributed by atoms with Crippen LogP contribution in [0.25, 0.3) is 0 Å². The highest BCUT2D eigenvalue weighted by Crippen LogP contribution is 2.45. The van der Waals surface area contributed by atoms with Crippen LogP contribution in [0.1, 0.15) is 54.4 Å². The number of hydrogen-bond acceptors (Lipinski definition) is 2. The highest BCUT2D eigenvalue weighted by atomic mass is 19.1. The minimum Gasteiger partial charge on any atom is -0.451 e. The topological polar surface area (TPSA) is 26.3 Å². The van der Waals surface area contributed by atoms with Gasteiger partial charge in [0, 0.05) is 5.56 Å². The first-order chi connectivity index (χ1) is 8.21. The molecule has 1 heterocycles. The summed E-state index contributed by atoms with van der Waals surface area (Å²) in [5.41, 5.74) is 0.856. The SMILES string of the molecule is O=C1OC2(CCCCCC2)c2ccc(F)cc21. The van der Waals surface area contributed by atoms with Crippen molar-refractivity contribution in [2.75, 3.05) is 0 Å². The summed E-state index contributed by atoms with van der Waals surface area (Å²) in [6.07, 6.45) is 6.27. The standard InChI is InChI=1S/C14H15FO2/c15-10-5-6-12-11(9-10)13(16)17-14(12)7-3-1-2-4-8-14/h5-6,9H,1-4,7-8H2. The van der Waals surface area contributed by atoms with Gasteiger partial charge >= 0.3 is 5.97 Å². The minimum absolute atomic E-state index is 0.360. The molecule has 0 bridgehead atoms. The molecule has 3 rings (SSSR count). The number of ether oxygens (including phenoxy) is 1. The van der Waals surface area contributed by atoms with Crippen LogP contribution >= 0.6 is 0 Å². The molecule has 90 valence electrons. The maximum Gasteiger partial charge on any atom is 0.339 e. The van der Waals surface area contributed by atoms with E-state index in [1.807, 2.05) is 0 Å². The van der Waals surface area contributed by atoms with E-state index < -0.39 is 5.60 Å². The Balaban J connectivity index is 2.07. The van der Waals surface area contributed by atoms with Gasteiger partial charge in [0.25, 0.3) is 0 Å². The Bertz CT molecular complexity index is 459. The lowest BCUT2D eigenvalue weighted by atomic mass is 9.86. The molecule has 0 N–H and O–H groups in total. The summed E-state index contributed by atoms with van der Waals surface area (Å²) in [5.74, 6) is -0.729. The van der Waals surface area contributed by atoms with Gasteiger partial charge in [0.2, 0.25) is 0 Å². The predicted molar refractivity (Wildman–Crippen MR) is 61.2 cm³/mol. The molecule has 1 aliphatic carbocycles. The Morgan fingerprint density at radius 1 is 1.12 bits per heavy atom. The Hall–Kier alpha value is -1.38. The maximum atomic E-state index is 13.2. The number of carbonyl (C=O) groups excluding carboxylic acids is 1. The summed E-state index contributed by atoms with van der Waals surface area (Å²) in [6.45, 7) is 0. The number of carbonyl (C=O) groups is 1. The Morgan fingerprint density at radius 3 is 2.53 bits per heavy atom. The zero-order chi connectivity index (χ0) is 11.9. The number of rotatable bonds is 0. The van der Waals surface area contributed by atoms with Gasteiger partial charge in [0.1, 0.15) is 11.4 Å². The van der Waals surface area contributed by atoms with Gasteiger partial charge in [-0.25, -0.2) is 9.18 Å². The third-order valence-corrected chi connectivity index (χ3v) is 3.89. The fourth-order valence-corrected chi connectivity index (χ4v) is 3.04. The lowest BCUT2D eigenvalue weighted by Crippen LogP contribution is -2.25. The van der Waals surface area contributed by atoms with Crippen LogP contribution in [0.4, 0.5) is 4.39 Å². The van der Waals surface area contributed by atoms with Crippen LogP contribution in [-0.4, -0.2) is 5.97 Å². The molecule has 2 nitrogen and oxygen atoms in total. The molecule has 17 heavy (non-hydrogen) atoms. The average molecular weight is 234 g/mol. The lowest BCUT2D eigenvalue weighted by Gasteiger charge is -2.27. The zero-order valence-corrected chi connectivity index (χ0v) is 9.67. The van der Waals surface area contributed by atoms with Crippen LogP contribution in [0.5, 0.6) is 0 Å². The third-order valence-electron chi connectivity index (χ3n) is 3.89. The van der Waals surface area contributed by atoms with E-state index >= 15 is 0 Å². The van der Waals surface area contributed by atoms with Crippen LogP contribution in [0, 0.1) is 5.82 Å². The molecule has 2 aliphatic rings. The van der Waals surface area contributed by atoms with Gasteiger partial charge in [0.05, 0.1) is 5.56 Å². The number of hydrogen-bond donors (Lipinski definition) is 0. The van der Waals surface area contributed by atoms with Crippen LogP contribution in [-0.2, 0) is 10.3 Å². The fourth-order valence-electron chi connectivity index (χ4n) is 3.04. The van der Waals surface area contributed by atoms with Crippen LogP contribution in [0.2, 0.25) is 0 Å². The minimum atomic E-state index is -0.462. The molecule has 0 aromatic heterocycles. The second-order valence-corrected chi connectivity index (χ2v) is 4.99. The van der Waals surface area contributed by atoms with E-state index in [9.17, 15) is 9.18 Å². The molecule has 1 spiro atoms. The van der Waals surface area contributed by atoms with Gasteiger partial charge in [-0.05, 0) is 37.8 Å². The molecule has 1 saturated carbocycles. The van der Waals surface area contributed by atoms with Crippen molar-refractivity contribution in [3.05, 3.63) is 35.1 Å². The summed E-state index contributed by atoms with van der Waals surface area (Å²) in [4.78, 5) is 11.8.